The first-order valence-electron chi connectivity index (χ1n) is 7.17. The minimum Gasteiger partial charge on any atom is -0.386 e. The fourth-order valence-corrected chi connectivity index (χ4v) is 2.99. The van der Waals surface area contributed by atoms with Crippen LogP contribution in [0, 0.1) is 0 Å². The van der Waals surface area contributed by atoms with Crippen molar-refractivity contribution in [3.8, 4) is 0 Å². The fraction of sp³-hybridized carbons (Fsp3) is 0.625. The summed E-state index contributed by atoms with van der Waals surface area (Å²) in [4.78, 5) is 0. The van der Waals surface area contributed by atoms with Gasteiger partial charge in [0.15, 0.2) is 0 Å². The molecule has 18 heavy (non-hydrogen) atoms. The maximum absolute atomic E-state index is 10.3. The Kier molecular flexibility index (Phi) is 3.40. The van der Waals surface area contributed by atoms with Crippen LogP contribution in [0.1, 0.15) is 62.2 Å². The standard InChI is InChI=1S/C16H22O2/c1-11-5-10-15(18-11)16(17)14-8-6-13(7-9-14)12-3-2-4-12/h6-9,11-12,15-17H,2-5,10H2,1H3. The van der Waals surface area contributed by atoms with Gasteiger partial charge in [-0.1, -0.05) is 30.7 Å². The van der Waals surface area contributed by atoms with Crippen LogP contribution in [0.15, 0.2) is 24.3 Å². The monoisotopic (exact) mass is 246 g/mol. The third kappa shape index (κ3) is 2.32. The summed E-state index contributed by atoms with van der Waals surface area (Å²) in [6, 6.07) is 8.51. The zero-order valence-corrected chi connectivity index (χ0v) is 11.0. The number of hydrogen-bond donors (Lipinski definition) is 1. The van der Waals surface area contributed by atoms with Crippen LogP contribution in [-0.2, 0) is 4.74 Å². The Morgan fingerprint density at radius 2 is 1.83 bits per heavy atom. The van der Waals surface area contributed by atoms with Crippen LogP contribution in [0.3, 0.4) is 0 Å². The summed E-state index contributed by atoms with van der Waals surface area (Å²) in [5, 5.41) is 10.3. The van der Waals surface area contributed by atoms with Gasteiger partial charge < -0.3 is 9.84 Å². The number of hydrogen-bond acceptors (Lipinski definition) is 2. The zero-order chi connectivity index (χ0) is 12.5. The number of rotatable bonds is 3. The van der Waals surface area contributed by atoms with Crippen LogP contribution in [0.2, 0.25) is 0 Å². The molecule has 1 saturated carbocycles. The summed E-state index contributed by atoms with van der Waals surface area (Å²) in [5.74, 6) is 0.763. The summed E-state index contributed by atoms with van der Waals surface area (Å²) < 4.78 is 5.74. The van der Waals surface area contributed by atoms with E-state index < -0.39 is 6.10 Å². The molecule has 1 aromatic rings. The predicted octanol–water partition coefficient (Wildman–Crippen LogP) is 3.56. The third-order valence-corrected chi connectivity index (χ3v) is 4.47. The zero-order valence-electron chi connectivity index (χ0n) is 11.0. The molecule has 2 fully saturated rings. The summed E-state index contributed by atoms with van der Waals surface area (Å²) in [6.07, 6.45) is 5.84. The average molecular weight is 246 g/mol. The van der Waals surface area contributed by atoms with E-state index in [9.17, 15) is 5.11 Å². The van der Waals surface area contributed by atoms with Gasteiger partial charge in [-0.15, -0.1) is 0 Å². The highest BCUT2D eigenvalue weighted by molar-refractivity contribution is 5.28. The predicted molar refractivity (Wildman–Crippen MR) is 71.6 cm³/mol. The van der Waals surface area contributed by atoms with Crippen LogP contribution in [-0.4, -0.2) is 17.3 Å². The van der Waals surface area contributed by atoms with Gasteiger partial charge in [0.05, 0.1) is 12.2 Å². The van der Waals surface area contributed by atoms with Gasteiger partial charge in [0, 0.05) is 0 Å². The quantitative estimate of drug-likeness (QED) is 0.883. The molecular weight excluding hydrogens is 224 g/mol. The lowest BCUT2D eigenvalue weighted by Crippen LogP contribution is -2.18. The molecule has 0 aromatic heterocycles. The third-order valence-electron chi connectivity index (χ3n) is 4.47. The van der Waals surface area contributed by atoms with Gasteiger partial charge in [0.2, 0.25) is 0 Å². The SMILES string of the molecule is CC1CCC(C(O)c2ccc(C3CCC3)cc2)O1. The molecule has 1 aliphatic carbocycles. The van der Waals surface area contributed by atoms with Crippen molar-refractivity contribution in [1.82, 2.24) is 0 Å². The molecule has 0 bridgehead atoms. The molecule has 2 aliphatic rings. The van der Waals surface area contributed by atoms with E-state index in [4.69, 9.17) is 4.74 Å². The van der Waals surface area contributed by atoms with Gasteiger partial charge in [0.1, 0.15) is 6.10 Å². The van der Waals surface area contributed by atoms with Crippen molar-refractivity contribution in [3.05, 3.63) is 35.4 Å². The van der Waals surface area contributed by atoms with Gasteiger partial charge >= 0.3 is 0 Å². The first-order valence-corrected chi connectivity index (χ1v) is 7.17. The van der Waals surface area contributed by atoms with Crippen molar-refractivity contribution in [3.63, 3.8) is 0 Å². The van der Waals surface area contributed by atoms with Gasteiger partial charge in [-0.25, -0.2) is 0 Å². The number of aliphatic hydroxyl groups is 1. The second kappa shape index (κ2) is 5.02. The molecule has 0 radical (unpaired) electrons. The highest BCUT2D eigenvalue weighted by Crippen LogP contribution is 2.37. The maximum atomic E-state index is 10.3. The molecule has 3 atom stereocenters. The molecule has 2 nitrogen and oxygen atoms in total. The first-order chi connectivity index (χ1) is 8.74. The molecule has 3 rings (SSSR count). The Labute approximate surface area is 109 Å². The minimum absolute atomic E-state index is 0.0189. The lowest BCUT2D eigenvalue weighted by atomic mass is 9.80. The summed E-state index contributed by atoms with van der Waals surface area (Å²) >= 11 is 0. The summed E-state index contributed by atoms with van der Waals surface area (Å²) in [7, 11) is 0. The van der Waals surface area contributed by atoms with Crippen LogP contribution >= 0.6 is 0 Å². The van der Waals surface area contributed by atoms with E-state index in [0.717, 1.165) is 24.3 Å². The van der Waals surface area contributed by atoms with E-state index >= 15 is 0 Å². The van der Waals surface area contributed by atoms with Crippen molar-refractivity contribution in [2.45, 2.75) is 63.3 Å². The molecular formula is C16H22O2. The second-order valence-electron chi connectivity index (χ2n) is 5.80. The largest absolute Gasteiger partial charge is 0.386 e. The molecule has 2 heteroatoms. The lowest BCUT2D eigenvalue weighted by Gasteiger charge is -2.26. The van der Waals surface area contributed by atoms with E-state index in [1.54, 1.807) is 0 Å². The van der Waals surface area contributed by atoms with Crippen molar-refractivity contribution < 1.29 is 9.84 Å². The fourth-order valence-electron chi connectivity index (χ4n) is 2.99. The van der Waals surface area contributed by atoms with Gasteiger partial charge in [-0.05, 0) is 49.7 Å². The van der Waals surface area contributed by atoms with Gasteiger partial charge in [0.25, 0.3) is 0 Å². The molecule has 0 spiro atoms. The molecule has 1 aliphatic heterocycles. The minimum atomic E-state index is -0.467. The van der Waals surface area contributed by atoms with Crippen molar-refractivity contribution in [2.75, 3.05) is 0 Å². The summed E-state index contributed by atoms with van der Waals surface area (Å²) in [6.45, 7) is 2.08. The maximum Gasteiger partial charge on any atom is 0.105 e. The first kappa shape index (κ1) is 12.2. The molecule has 1 heterocycles. The Morgan fingerprint density at radius 1 is 1.11 bits per heavy atom. The molecule has 3 unspecified atom stereocenters. The van der Waals surface area contributed by atoms with Crippen LogP contribution in [0.5, 0.6) is 0 Å². The van der Waals surface area contributed by atoms with E-state index in [1.807, 2.05) is 0 Å². The van der Waals surface area contributed by atoms with E-state index in [-0.39, 0.29) is 6.10 Å². The van der Waals surface area contributed by atoms with Crippen molar-refractivity contribution in [1.29, 1.82) is 0 Å². The molecule has 0 amide bonds. The number of benzene rings is 1. The average Bonchev–Trinajstić information content (AvgIpc) is 2.74. The highest BCUT2D eigenvalue weighted by atomic mass is 16.5. The lowest BCUT2D eigenvalue weighted by molar-refractivity contribution is -0.0297. The van der Waals surface area contributed by atoms with E-state index in [1.165, 1.54) is 24.8 Å². The van der Waals surface area contributed by atoms with Crippen LogP contribution in [0.4, 0.5) is 0 Å². The van der Waals surface area contributed by atoms with Crippen molar-refractivity contribution >= 4 is 0 Å². The smallest absolute Gasteiger partial charge is 0.105 e. The number of ether oxygens (including phenoxy) is 1. The van der Waals surface area contributed by atoms with Crippen LogP contribution in [0.25, 0.3) is 0 Å². The van der Waals surface area contributed by atoms with Crippen LogP contribution < -0.4 is 0 Å². The van der Waals surface area contributed by atoms with Crippen molar-refractivity contribution in [2.24, 2.45) is 0 Å². The molecule has 1 aromatic carbocycles. The van der Waals surface area contributed by atoms with Gasteiger partial charge in [-0.3, -0.25) is 0 Å². The molecule has 98 valence electrons. The van der Waals surface area contributed by atoms with E-state index in [2.05, 4.69) is 31.2 Å². The Balaban J connectivity index is 1.68. The second-order valence-corrected chi connectivity index (χ2v) is 5.80. The van der Waals surface area contributed by atoms with Gasteiger partial charge in [-0.2, -0.15) is 0 Å². The Hall–Kier alpha value is -0.860. The summed E-state index contributed by atoms with van der Waals surface area (Å²) in [5.41, 5.74) is 2.43. The Bertz CT molecular complexity index is 394. The molecule has 1 N–H and O–H groups in total. The highest BCUT2D eigenvalue weighted by Gasteiger charge is 2.29. The Morgan fingerprint density at radius 3 is 2.33 bits per heavy atom. The topological polar surface area (TPSA) is 29.5 Å². The normalized spacial score (nSPS) is 30.1. The number of aliphatic hydroxyl groups excluding tert-OH is 1. The van der Waals surface area contributed by atoms with E-state index in [0.29, 0.717) is 6.10 Å². The molecule has 1 saturated heterocycles.